The van der Waals surface area contributed by atoms with Crippen LogP contribution in [-0.4, -0.2) is 0 Å². The van der Waals surface area contributed by atoms with Crippen LogP contribution in [0.5, 0.6) is 5.75 Å². The van der Waals surface area contributed by atoms with Crippen LogP contribution in [0.25, 0.3) is 0 Å². The van der Waals surface area contributed by atoms with Crippen molar-refractivity contribution in [3.63, 3.8) is 0 Å². The molecule has 0 saturated carbocycles. The molecular weight excluding hydrogens is 372 g/mol. The second-order valence-corrected chi connectivity index (χ2v) is 3.72. The zero-order chi connectivity index (χ0) is 13.4. The molecule has 1 nitrogen and oxygen atoms in total. The van der Waals surface area contributed by atoms with Gasteiger partial charge in [-0.15, -0.1) is 12.1 Å². The van der Waals surface area contributed by atoms with Gasteiger partial charge < -0.3 is 4.74 Å². The van der Waals surface area contributed by atoms with Crippen molar-refractivity contribution in [2.75, 3.05) is 0 Å². The molecule has 0 saturated heterocycles. The Morgan fingerprint density at radius 3 is 2.50 bits per heavy atom. The summed E-state index contributed by atoms with van der Waals surface area (Å²) in [6.07, 6.45) is 0. The summed E-state index contributed by atoms with van der Waals surface area (Å²) in [4.78, 5) is 0. The number of ether oxygens (including phenoxy) is 1. The van der Waals surface area contributed by atoms with Gasteiger partial charge in [-0.3, -0.25) is 0 Å². The van der Waals surface area contributed by atoms with Gasteiger partial charge in [0, 0.05) is 16.6 Å². The van der Waals surface area contributed by atoms with Gasteiger partial charge >= 0.3 is 30.0 Å². The molecule has 0 aliphatic rings. The zero-order valence-electron chi connectivity index (χ0n) is 9.50. The molecule has 0 heterocycles. The van der Waals surface area contributed by atoms with Crippen LogP contribution in [0.2, 0.25) is 5.02 Å². The summed E-state index contributed by atoms with van der Waals surface area (Å²) in [7, 11) is 0. The van der Waals surface area contributed by atoms with Gasteiger partial charge in [0.2, 0.25) is 0 Å². The predicted octanol–water partition coefficient (Wildman–Crippen LogP) is 4.70. The molecule has 90 valence electrons. The van der Waals surface area contributed by atoms with E-state index in [0.29, 0.717) is 17.4 Å². The van der Waals surface area contributed by atoms with Crippen LogP contribution >= 0.6 is 25.2 Å². The van der Waals surface area contributed by atoms with E-state index in [1.165, 1.54) is 34.5 Å². The Hall–Kier alpha value is -0.437. The fourth-order valence-electron chi connectivity index (χ4n) is 1.24. The van der Waals surface area contributed by atoms with Crippen LogP contribution in [0.15, 0.2) is 42.5 Å². The summed E-state index contributed by atoms with van der Waals surface area (Å²) in [5.74, 6) is 0.0693. The van der Waals surface area contributed by atoms with Gasteiger partial charge in [-0.1, -0.05) is 29.8 Å². The second kappa shape index (κ2) is 8.63. The average molecular weight is 381 g/mol. The summed E-state index contributed by atoms with van der Waals surface area (Å²) in [6.45, 7) is 0.372. The van der Waals surface area contributed by atoms with Gasteiger partial charge in [-0.05, 0) is 17.7 Å². The van der Waals surface area contributed by atoms with Gasteiger partial charge in [0.25, 0.3) is 0 Å². The summed E-state index contributed by atoms with van der Waals surface area (Å²) in [5, 5.41) is 0.682. The van der Waals surface area contributed by atoms with Gasteiger partial charge in [0.05, 0.1) is 0 Å². The van der Waals surface area contributed by atoms with Crippen molar-refractivity contribution in [3.05, 3.63) is 64.9 Å². The van der Waals surface area contributed by atoms with Crippen molar-refractivity contribution in [2.24, 2.45) is 0 Å². The molecule has 0 aliphatic heterocycles. The first-order chi connectivity index (χ1) is 8.74. The number of benzene rings is 2. The Balaban J connectivity index is 0.000000771. The number of rotatable bonds is 3. The van der Waals surface area contributed by atoms with Crippen LogP contribution in [0.4, 0.5) is 4.39 Å². The van der Waals surface area contributed by atoms with Crippen molar-refractivity contribution in [3.8, 4) is 5.75 Å². The quantitative estimate of drug-likeness (QED) is 0.554. The maximum atomic E-state index is 12.8. The molecule has 0 atom stereocenters. The first kappa shape index (κ1) is 15.6. The van der Waals surface area contributed by atoms with E-state index in [1.54, 1.807) is 12.1 Å². The van der Waals surface area contributed by atoms with Crippen LogP contribution in [0, 0.1) is 11.9 Å². The van der Waals surface area contributed by atoms with Crippen molar-refractivity contribution >= 4 is 25.2 Å². The minimum absolute atomic E-state index is 0.329. The van der Waals surface area contributed by atoms with Crippen molar-refractivity contribution < 1.29 is 25.5 Å². The first-order valence-electron chi connectivity index (χ1n) is 5.05. The Labute approximate surface area is 127 Å². The number of hydrogen-bond donors (Lipinski definition) is 0. The maximum absolute atomic E-state index is 12.8. The second-order valence-electron chi connectivity index (χ2n) is 3.29. The van der Waals surface area contributed by atoms with E-state index in [2.05, 4.69) is 19.7 Å². The number of halogens is 3. The van der Waals surface area contributed by atoms with Crippen LogP contribution in [0.1, 0.15) is 5.56 Å². The first-order valence-corrected chi connectivity index (χ1v) is 12.4. The Bertz CT molecular complexity index is 479. The molecule has 0 aromatic heterocycles. The molecular formula is C13H9BrClFOZn. The van der Waals surface area contributed by atoms with Gasteiger partial charge in [0.1, 0.15) is 6.61 Å². The zero-order valence-corrected chi connectivity index (χ0v) is 14.8. The average Bonchev–Trinajstić information content (AvgIpc) is 2.41. The van der Waals surface area contributed by atoms with E-state index >= 15 is 0 Å². The molecule has 0 aliphatic carbocycles. The third kappa shape index (κ3) is 5.47. The molecule has 2 aromatic rings. The minimum atomic E-state index is -0.329. The molecule has 0 bridgehead atoms. The predicted molar refractivity (Wildman–Crippen MR) is 69.9 cm³/mol. The van der Waals surface area contributed by atoms with E-state index in [4.69, 9.17) is 16.3 Å². The van der Waals surface area contributed by atoms with Gasteiger partial charge in [-0.25, -0.2) is 4.39 Å². The fourth-order valence-corrected chi connectivity index (χ4v) is 1.37. The molecule has 0 N–H and O–H groups in total. The third-order valence-electron chi connectivity index (χ3n) is 2.04. The van der Waals surface area contributed by atoms with Crippen molar-refractivity contribution in [2.45, 2.75) is 6.61 Å². The molecule has 0 fully saturated rings. The number of hydrogen-bond acceptors (Lipinski definition) is 1. The molecule has 0 radical (unpaired) electrons. The summed E-state index contributed by atoms with van der Waals surface area (Å²) < 4.78 is 18.2. The summed E-state index contributed by atoms with van der Waals surface area (Å²) in [5.41, 5.74) is 0.974. The van der Waals surface area contributed by atoms with E-state index < -0.39 is 0 Å². The van der Waals surface area contributed by atoms with E-state index in [9.17, 15) is 4.39 Å². The Morgan fingerprint density at radius 2 is 1.89 bits per heavy atom. The van der Waals surface area contributed by atoms with Crippen LogP contribution in [0.3, 0.4) is 0 Å². The standard InChI is InChI=1S/C13H9ClFO.BrH.Zn/c14-11-6-4-10(5-7-11)9-16-13-3-1-2-12(15)8-13;;/h1-2,4-8H,9H2;1H;/q-1;;+2/p-1. The normalized spacial score (nSPS) is 9.39. The van der Waals surface area contributed by atoms with Gasteiger partial charge in [-0.2, -0.15) is 6.07 Å². The van der Waals surface area contributed by atoms with E-state index in [0.717, 1.165) is 5.56 Å². The Morgan fingerprint density at radius 1 is 1.22 bits per heavy atom. The van der Waals surface area contributed by atoms with Crippen LogP contribution in [-0.2, 0) is 22.9 Å². The topological polar surface area (TPSA) is 9.23 Å². The molecule has 2 rings (SSSR count). The van der Waals surface area contributed by atoms with Crippen molar-refractivity contribution in [1.82, 2.24) is 0 Å². The SMILES string of the molecule is Fc1cc[c-]c(OCc2ccc(Cl)cc2)c1.[Zn+][Br]. The fraction of sp³-hybridized carbons (Fsp3) is 0.0769. The monoisotopic (exact) mass is 378 g/mol. The van der Waals surface area contributed by atoms with E-state index in [1.807, 2.05) is 12.1 Å². The summed E-state index contributed by atoms with van der Waals surface area (Å²) >= 11 is 10.0. The molecule has 18 heavy (non-hydrogen) atoms. The van der Waals surface area contributed by atoms with E-state index in [-0.39, 0.29) is 5.82 Å². The molecule has 0 unspecified atom stereocenters. The molecule has 0 amide bonds. The Kier molecular flexibility index (Phi) is 7.49. The van der Waals surface area contributed by atoms with Crippen LogP contribution < -0.4 is 4.74 Å². The molecule has 2 aromatic carbocycles. The van der Waals surface area contributed by atoms with Crippen molar-refractivity contribution in [1.29, 1.82) is 0 Å². The molecule has 5 heteroatoms. The summed E-state index contributed by atoms with van der Waals surface area (Å²) in [6, 6.07) is 14.2. The third-order valence-corrected chi connectivity index (χ3v) is 2.30. The molecule has 0 spiro atoms. The van der Waals surface area contributed by atoms with Gasteiger partial charge in [0.15, 0.2) is 0 Å².